The van der Waals surface area contributed by atoms with Crippen LogP contribution in [0.25, 0.3) is 10.9 Å². The first kappa shape index (κ1) is 19.8. The molecule has 7 heteroatoms. The maximum Gasteiger partial charge on any atom is 0.292 e. The Bertz CT molecular complexity index is 1100. The molecule has 0 radical (unpaired) electrons. The third-order valence-electron chi connectivity index (χ3n) is 4.47. The van der Waals surface area contributed by atoms with Crippen molar-refractivity contribution < 1.29 is 18.0 Å². The van der Waals surface area contributed by atoms with Crippen molar-refractivity contribution in [2.75, 3.05) is 12.3 Å². The van der Waals surface area contributed by atoms with Gasteiger partial charge in [0.25, 0.3) is 11.7 Å². The SMILES string of the molecule is Cc1[nH]c2ccccc2c1C(=O)C(=O)NCCCS(=O)(=O)Cc1ccccc1. The Hall–Kier alpha value is -2.93. The first-order valence-electron chi connectivity index (χ1n) is 9.01. The molecule has 0 aliphatic heterocycles. The Morgan fingerprint density at radius 2 is 1.68 bits per heavy atom. The fourth-order valence-electron chi connectivity index (χ4n) is 3.16. The van der Waals surface area contributed by atoms with Crippen LogP contribution in [0.2, 0.25) is 0 Å². The number of carbonyl (C=O) groups excluding carboxylic acids is 2. The van der Waals surface area contributed by atoms with Crippen molar-refractivity contribution in [2.45, 2.75) is 19.1 Å². The monoisotopic (exact) mass is 398 g/mol. The van der Waals surface area contributed by atoms with Crippen molar-refractivity contribution >= 4 is 32.4 Å². The highest BCUT2D eigenvalue weighted by molar-refractivity contribution is 7.90. The molecule has 6 nitrogen and oxygen atoms in total. The molecular weight excluding hydrogens is 376 g/mol. The quantitative estimate of drug-likeness (QED) is 0.346. The van der Waals surface area contributed by atoms with Crippen LogP contribution in [0.3, 0.4) is 0 Å². The average molecular weight is 398 g/mol. The normalized spacial score (nSPS) is 11.5. The van der Waals surface area contributed by atoms with Crippen LogP contribution in [-0.2, 0) is 20.4 Å². The van der Waals surface area contributed by atoms with Gasteiger partial charge in [-0.15, -0.1) is 0 Å². The molecule has 0 bridgehead atoms. The molecule has 1 heterocycles. The molecule has 146 valence electrons. The summed E-state index contributed by atoms with van der Waals surface area (Å²) in [7, 11) is -3.27. The molecule has 3 aromatic rings. The van der Waals surface area contributed by atoms with E-state index in [1.54, 1.807) is 37.3 Å². The van der Waals surface area contributed by atoms with E-state index >= 15 is 0 Å². The van der Waals surface area contributed by atoms with Crippen molar-refractivity contribution in [3.63, 3.8) is 0 Å². The van der Waals surface area contributed by atoms with Gasteiger partial charge < -0.3 is 10.3 Å². The number of sulfone groups is 1. The number of ketones is 1. The van der Waals surface area contributed by atoms with Crippen molar-refractivity contribution in [1.29, 1.82) is 0 Å². The summed E-state index contributed by atoms with van der Waals surface area (Å²) in [4.78, 5) is 27.8. The van der Waals surface area contributed by atoms with Gasteiger partial charge in [-0.1, -0.05) is 48.5 Å². The van der Waals surface area contributed by atoms with E-state index in [0.29, 0.717) is 16.6 Å². The van der Waals surface area contributed by atoms with Crippen molar-refractivity contribution in [3.05, 3.63) is 71.4 Å². The van der Waals surface area contributed by atoms with Crippen LogP contribution >= 0.6 is 0 Å². The number of fused-ring (bicyclic) bond motifs is 1. The van der Waals surface area contributed by atoms with Crippen LogP contribution in [0.15, 0.2) is 54.6 Å². The van der Waals surface area contributed by atoms with Gasteiger partial charge in [-0.05, 0) is 25.0 Å². The number of hydrogen-bond donors (Lipinski definition) is 2. The van der Waals surface area contributed by atoms with Crippen molar-refractivity contribution in [1.82, 2.24) is 10.3 Å². The number of hydrogen-bond acceptors (Lipinski definition) is 4. The first-order chi connectivity index (χ1) is 13.4. The van der Waals surface area contributed by atoms with Gasteiger partial charge in [0.2, 0.25) is 0 Å². The van der Waals surface area contributed by atoms with Crippen LogP contribution in [0.4, 0.5) is 0 Å². The zero-order valence-electron chi connectivity index (χ0n) is 15.6. The van der Waals surface area contributed by atoms with Crippen LogP contribution in [0.1, 0.15) is 28.0 Å². The topological polar surface area (TPSA) is 96.1 Å². The molecule has 2 N–H and O–H groups in total. The molecule has 0 aliphatic carbocycles. The van der Waals surface area contributed by atoms with Crippen molar-refractivity contribution in [3.8, 4) is 0 Å². The zero-order valence-corrected chi connectivity index (χ0v) is 16.4. The van der Waals surface area contributed by atoms with Gasteiger partial charge in [-0.3, -0.25) is 9.59 Å². The lowest BCUT2D eigenvalue weighted by Crippen LogP contribution is -2.32. The minimum atomic E-state index is -3.27. The molecule has 0 spiro atoms. The lowest BCUT2D eigenvalue weighted by molar-refractivity contribution is -0.116. The number of amides is 1. The van der Waals surface area contributed by atoms with E-state index in [9.17, 15) is 18.0 Å². The molecular formula is C21H22N2O4S. The first-order valence-corrected chi connectivity index (χ1v) is 10.8. The van der Waals surface area contributed by atoms with Gasteiger partial charge in [0, 0.05) is 23.1 Å². The number of para-hydroxylation sites is 1. The second-order valence-corrected chi connectivity index (χ2v) is 8.87. The number of benzene rings is 2. The smallest absolute Gasteiger partial charge is 0.292 e. The molecule has 0 fully saturated rings. The standard InChI is InChI=1S/C21H22N2O4S/c1-15-19(17-10-5-6-11-18(17)23-15)20(24)21(25)22-12-7-13-28(26,27)14-16-8-3-2-4-9-16/h2-6,8-11,23H,7,12-14H2,1H3,(H,22,25). The summed E-state index contributed by atoms with van der Waals surface area (Å²) in [5.74, 6) is -1.44. The Morgan fingerprint density at radius 3 is 2.43 bits per heavy atom. The number of aromatic nitrogens is 1. The second-order valence-electron chi connectivity index (χ2n) is 6.69. The van der Waals surface area contributed by atoms with Crippen molar-refractivity contribution in [2.24, 2.45) is 0 Å². The molecule has 1 aromatic heterocycles. The summed E-state index contributed by atoms with van der Waals surface area (Å²) in [6, 6.07) is 16.2. The van der Waals surface area contributed by atoms with E-state index in [1.807, 2.05) is 24.3 Å². The maximum absolute atomic E-state index is 12.5. The highest BCUT2D eigenvalue weighted by Gasteiger charge is 2.22. The lowest BCUT2D eigenvalue weighted by atomic mass is 10.1. The van der Waals surface area contributed by atoms with Gasteiger partial charge in [-0.25, -0.2) is 8.42 Å². The summed E-state index contributed by atoms with van der Waals surface area (Å²) >= 11 is 0. The molecule has 0 aliphatic rings. The van der Waals surface area contributed by atoms with E-state index in [-0.39, 0.29) is 24.5 Å². The van der Waals surface area contributed by atoms with Crippen LogP contribution in [0.5, 0.6) is 0 Å². The number of nitrogens with one attached hydrogen (secondary N) is 2. The summed E-state index contributed by atoms with van der Waals surface area (Å²) < 4.78 is 24.3. The maximum atomic E-state index is 12.5. The summed E-state index contributed by atoms with van der Waals surface area (Å²) in [5.41, 5.74) is 2.51. The van der Waals surface area contributed by atoms with E-state index in [2.05, 4.69) is 10.3 Å². The van der Waals surface area contributed by atoms with Crippen LogP contribution < -0.4 is 5.32 Å². The third-order valence-corrected chi connectivity index (χ3v) is 6.16. The van der Waals surface area contributed by atoms with Gasteiger partial charge >= 0.3 is 0 Å². The second kappa shape index (κ2) is 8.39. The molecule has 1 amide bonds. The van der Waals surface area contributed by atoms with E-state index in [0.717, 1.165) is 11.1 Å². The summed E-state index contributed by atoms with van der Waals surface area (Å²) in [6.07, 6.45) is 0.251. The van der Waals surface area contributed by atoms with Gasteiger partial charge in [0.05, 0.1) is 17.1 Å². The number of carbonyl (C=O) groups is 2. The van der Waals surface area contributed by atoms with Crippen LogP contribution in [-0.4, -0.2) is 37.4 Å². The highest BCUT2D eigenvalue weighted by atomic mass is 32.2. The number of aryl methyl sites for hydroxylation is 1. The van der Waals surface area contributed by atoms with E-state index in [4.69, 9.17) is 0 Å². The highest BCUT2D eigenvalue weighted by Crippen LogP contribution is 2.22. The Morgan fingerprint density at radius 1 is 1.00 bits per heavy atom. The minimum absolute atomic E-state index is 0.0325. The average Bonchev–Trinajstić information content (AvgIpc) is 3.00. The third kappa shape index (κ3) is 4.67. The summed E-state index contributed by atoms with van der Waals surface area (Å²) in [5, 5.41) is 3.23. The summed E-state index contributed by atoms with van der Waals surface area (Å²) in [6.45, 7) is 1.87. The number of Topliss-reactive ketones (excluding diaryl/α,β-unsaturated/α-hetero) is 1. The number of rotatable bonds is 8. The fourth-order valence-corrected chi connectivity index (χ4v) is 4.59. The number of aromatic amines is 1. The minimum Gasteiger partial charge on any atom is -0.358 e. The Labute approximate surface area is 163 Å². The number of H-pyrrole nitrogens is 1. The predicted octanol–water partition coefficient (Wildman–Crippen LogP) is 2.78. The largest absolute Gasteiger partial charge is 0.358 e. The molecule has 28 heavy (non-hydrogen) atoms. The fraction of sp³-hybridized carbons (Fsp3) is 0.238. The predicted molar refractivity (Wildman–Crippen MR) is 109 cm³/mol. The Kier molecular flexibility index (Phi) is 5.94. The molecule has 2 aromatic carbocycles. The molecule has 3 rings (SSSR count). The molecule has 0 unspecified atom stereocenters. The van der Waals surface area contributed by atoms with E-state index in [1.165, 1.54) is 0 Å². The van der Waals surface area contributed by atoms with Crippen LogP contribution in [0, 0.1) is 6.92 Å². The zero-order chi connectivity index (χ0) is 20.1. The van der Waals surface area contributed by atoms with Gasteiger partial charge in [0.1, 0.15) is 0 Å². The molecule has 0 saturated heterocycles. The molecule has 0 atom stereocenters. The molecule has 0 saturated carbocycles. The van der Waals surface area contributed by atoms with Gasteiger partial charge in [0.15, 0.2) is 9.84 Å². The van der Waals surface area contributed by atoms with E-state index < -0.39 is 21.5 Å². The Balaban J connectivity index is 1.54. The lowest BCUT2D eigenvalue weighted by Gasteiger charge is -2.06. The van der Waals surface area contributed by atoms with Gasteiger partial charge in [-0.2, -0.15) is 0 Å².